The second kappa shape index (κ2) is 19.9. The zero-order valence-corrected chi connectivity index (χ0v) is 15.8. The number of aliphatic hydroxyl groups excluding tert-OH is 1. The molecular weight excluding hydrogens is 273 g/mol. The summed E-state index contributed by atoms with van der Waals surface area (Å²) in [6.07, 6.45) is 1.25. The summed E-state index contributed by atoms with van der Waals surface area (Å²) >= 11 is 0. The zero-order chi connectivity index (χ0) is 18.0. The fourth-order valence-corrected chi connectivity index (χ4v) is 1.26. The topological polar surface area (TPSA) is 49.3 Å². The smallest absolute Gasteiger partial charge is 0.169 e. The van der Waals surface area contributed by atoms with Gasteiger partial charge in [-0.1, -0.05) is 83.6 Å². The molecule has 0 aliphatic carbocycles. The number of rotatable bonds is 4. The largest absolute Gasteiger partial charge is 0.394 e. The van der Waals surface area contributed by atoms with E-state index in [9.17, 15) is 4.79 Å². The molecule has 0 amide bonds. The van der Waals surface area contributed by atoms with E-state index in [1.807, 2.05) is 19.9 Å². The monoisotopic (exact) mass is 309 g/mol. The van der Waals surface area contributed by atoms with E-state index in [1.165, 1.54) is 18.8 Å². The highest BCUT2D eigenvalue weighted by Crippen LogP contribution is 1.86. The summed E-state index contributed by atoms with van der Waals surface area (Å²) in [5, 5.41) is 11.1. The molecule has 3 nitrogen and oxygen atoms in total. The second-order valence-corrected chi connectivity index (χ2v) is 4.91. The molecule has 0 unspecified atom stereocenters. The standard InChI is InChI=1S/C8H11B.C5H11NO2.C3H8.C2H6/c1-9(2)8-6-4-3-5-7-8;1-4(8)5(3-7)6-2;1-3-2;1-2/h3-7H,1-2H3;5-7H,3H2,1-2H3;3H2,1-2H3;1-2H3/t;5-;;/m.0../s1. The number of benzene rings is 1. The summed E-state index contributed by atoms with van der Waals surface area (Å²) in [6, 6.07) is 10.1. The van der Waals surface area contributed by atoms with Gasteiger partial charge in [0.05, 0.1) is 12.6 Å². The lowest BCUT2D eigenvalue weighted by Crippen LogP contribution is -2.35. The Morgan fingerprint density at radius 3 is 1.73 bits per heavy atom. The summed E-state index contributed by atoms with van der Waals surface area (Å²) in [5.74, 6) is -0.0324. The summed E-state index contributed by atoms with van der Waals surface area (Å²) in [5.41, 5.74) is 1.41. The van der Waals surface area contributed by atoms with E-state index in [2.05, 4.69) is 57.1 Å². The van der Waals surface area contributed by atoms with E-state index in [-0.39, 0.29) is 18.4 Å². The third kappa shape index (κ3) is 16.9. The molecule has 1 aromatic rings. The van der Waals surface area contributed by atoms with Crippen LogP contribution in [0.3, 0.4) is 0 Å². The Balaban J connectivity index is -0.000000256. The molecule has 0 aliphatic rings. The van der Waals surface area contributed by atoms with Gasteiger partial charge in [0.15, 0.2) is 6.71 Å². The minimum Gasteiger partial charge on any atom is -0.394 e. The van der Waals surface area contributed by atoms with Crippen molar-refractivity contribution in [3.63, 3.8) is 0 Å². The Bertz CT molecular complexity index is 325. The highest BCUT2D eigenvalue weighted by molar-refractivity contribution is 6.70. The van der Waals surface area contributed by atoms with Crippen LogP contribution in [0, 0.1) is 0 Å². The van der Waals surface area contributed by atoms with Crippen LogP contribution in [-0.2, 0) is 4.79 Å². The number of hydrogen-bond donors (Lipinski definition) is 2. The molecule has 0 aromatic heterocycles. The lowest BCUT2D eigenvalue weighted by molar-refractivity contribution is -0.119. The molecule has 0 fully saturated rings. The first-order valence-electron chi connectivity index (χ1n) is 8.27. The normalized spacial score (nSPS) is 9.68. The summed E-state index contributed by atoms with van der Waals surface area (Å²) in [4.78, 5) is 10.4. The van der Waals surface area contributed by atoms with Crippen molar-refractivity contribution in [3.8, 4) is 0 Å². The van der Waals surface area contributed by atoms with E-state index in [1.54, 1.807) is 7.05 Å². The van der Waals surface area contributed by atoms with E-state index >= 15 is 0 Å². The van der Waals surface area contributed by atoms with E-state index in [0.29, 0.717) is 6.71 Å². The van der Waals surface area contributed by atoms with Crippen molar-refractivity contribution in [2.24, 2.45) is 0 Å². The van der Waals surface area contributed by atoms with Gasteiger partial charge >= 0.3 is 0 Å². The highest BCUT2D eigenvalue weighted by atomic mass is 16.3. The van der Waals surface area contributed by atoms with Gasteiger partial charge in [0.25, 0.3) is 0 Å². The Morgan fingerprint density at radius 1 is 1.18 bits per heavy atom. The van der Waals surface area contributed by atoms with Crippen LogP contribution in [0.5, 0.6) is 0 Å². The summed E-state index contributed by atoms with van der Waals surface area (Å²) < 4.78 is 0. The SMILES string of the molecule is CB(C)c1ccccc1.CC.CCC.CN[C@@H](CO)C(C)=O. The molecule has 0 bridgehead atoms. The van der Waals surface area contributed by atoms with Gasteiger partial charge in [0.1, 0.15) is 5.78 Å². The van der Waals surface area contributed by atoms with Crippen LogP contribution in [0.25, 0.3) is 0 Å². The number of carbonyl (C=O) groups excluding carboxylic acids is 1. The average molecular weight is 309 g/mol. The maximum absolute atomic E-state index is 10.4. The van der Waals surface area contributed by atoms with Crippen molar-refractivity contribution in [1.82, 2.24) is 5.32 Å². The molecule has 0 radical (unpaired) electrons. The zero-order valence-electron chi connectivity index (χ0n) is 15.8. The molecule has 1 aromatic carbocycles. The van der Waals surface area contributed by atoms with Crippen molar-refractivity contribution < 1.29 is 9.90 Å². The van der Waals surface area contributed by atoms with Crippen molar-refractivity contribution in [1.29, 1.82) is 0 Å². The molecule has 0 saturated carbocycles. The quantitative estimate of drug-likeness (QED) is 0.840. The van der Waals surface area contributed by atoms with Gasteiger partial charge in [-0.3, -0.25) is 4.79 Å². The Hall–Kier alpha value is -1.13. The molecule has 0 spiro atoms. The van der Waals surface area contributed by atoms with Crippen LogP contribution in [0.2, 0.25) is 13.6 Å². The number of aliphatic hydroxyl groups is 1. The number of carbonyl (C=O) groups is 1. The van der Waals surface area contributed by atoms with Crippen LogP contribution >= 0.6 is 0 Å². The van der Waals surface area contributed by atoms with Gasteiger partial charge in [0, 0.05) is 0 Å². The molecule has 4 heteroatoms. The number of Topliss-reactive ketones (excluding diaryl/α,β-unsaturated/α-hetero) is 1. The third-order valence-corrected chi connectivity index (χ3v) is 2.49. The Morgan fingerprint density at radius 2 is 1.59 bits per heavy atom. The average Bonchev–Trinajstić information content (AvgIpc) is 2.52. The predicted molar refractivity (Wildman–Crippen MR) is 101 cm³/mol. The van der Waals surface area contributed by atoms with Gasteiger partial charge in [-0.2, -0.15) is 0 Å². The van der Waals surface area contributed by atoms with Crippen LogP contribution in [0.1, 0.15) is 41.0 Å². The predicted octanol–water partition coefficient (Wildman–Crippen LogP) is 3.25. The maximum Gasteiger partial charge on any atom is 0.169 e. The number of ketones is 1. The lowest BCUT2D eigenvalue weighted by atomic mass is 9.49. The molecule has 0 aliphatic heterocycles. The van der Waals surface area contributed by atoms with Gasteiger partial charge < -0.3 is 10.4 Å². The first-order valence-corrected chi connectivity index (χ1v) is 8.27. The Labute approximate surface area is 138 Å². The van der Waals surface area contributed by atoms with Gasteiger partial charge in [-0.15, -0.1) is 0 Å². The summed E-state index contributed by atoms with van der Waals surface area (Å²) in [6.45, 7) is 14.6. The van der Waals surface area contributed by atoms with Crippen molar-refractivity contribution in [2.75, 3.05) is 13.7 Å². The minimum atomic E-state index is -0.380. The molecule has 22 heavy (non-hydrogen) atoms. The first kappa shape index (κ1) is 25.8. The molecule has 1 atom stereocenters. The summed E-state index contributed by atoms with van der Waals surface area (Å²) in [7, 11) is 1.64. The fraction of sp³-hybridized carbons (Fsp3) is 0.611. The van der Waals surface area contributed by atoms with Crippen LogP contribution in [0.4, 0.5) is 0 Å². The van der Waals surface area contributed by atoms with Gasteiger partial charge in [0.2, 0.25) is 0 Å². The number of hydrogen-bond acceptors (Lipinski definition) is 3. The van der Waals surface area contributed by atoms with E-state index in [4.69, 9.17) is 5.11 Å². The highest BCUT2D eigenvalue weighted by Gasteiger charge is 2.07. The number of nitrogens with one attached hydrogen (secondary N) is 1. The fourth-order valence-electron chi connectivity index (χ4n) is 1.26. The first-order chi connectivity index (χ1) is 10.4. The Kier molecular flexibility index (Phi) is 23.3. The van der Waals surface area contributed by atoms with Crippen molar-refractivity contribution >= 4 is 18.0 Å². The lowest BCUT2D eigenvalue weighted by Gasteiger charge is -2.06. The van der Waals surface area contributed by atoms with Crippen molar-refractivity contribution in [3.05, 3.63) is 30.3 Å². The molecule has 0 heterocycles. The maximum atomic E-state index is 10.4. The minimum absolute atomic E-state index is 0.0324. The molecule has 0 saturated heterocycles. The number of likely N-dealkylation sites (N-methyl/N-ethyl adjacent to an activating group) is 1. The van der Waals surface area contributed by atoms with Crippen LogP contribution in [-0.4, -0.2) is 37.3 Å². The van der Waals surface area contributed by atoms with Gasteiger partial charge in [-0.25, -0.2) is 0 Å². The second-order valence-electron chi connectivity index (χ2n) is 4.91. The molecule has 128 valence electrons. The van der Waals surface area contributed by atoms with Crippen LogP contribution in [0.15, 0.2) is 30.3 Å². The van der Waals surface area contributed by atoms with Crippen molar-refractivity contribution in [2.45, 2.75) is 60.7 Å². The van der Waals surface area contributed by atoms with Crippen LogP contribution < -0.4 is 10.8 Å². The molecule has 1 rings (SSSR count). The third-order valence-electron chi connectivity index (χ3n) is 2.49. The molecule has 2 N–H and O–H groups in total. The van der Waals surface area contributed by atoms with E-state index < -0.39 is 0 Å². The van der Waals surface area contributed by atoms with Gasteiger partial charge in [-0.05, 0) is 14.0 Å². The van der Waals surface area contributed by atoms with E-state index in [0.717, 1.165) is 0 Å². The molecular formula is C18H36BNO2.